The number of amides is 2. The van der Waals surface area contributed by atoms with Crippen LogP contribution in [0.2, 0.25) is 0 Å². The molecule has 5 nitrogen and oxygen atoms in total. The number of benzene rings is 1. The van der Waals surface area contributed by atoms with Gasteiger partial charge in [0.25, 0.3) is 0 Å². The smallest absolute Gasteiger partial charge is 0.247 e. The SMILES string of the molecule is Cc1nc(NC(=O)CN(C(=O)/C=C/c2ccccc2)C(C)C)sc1C. The van der Waals surface area contributed by atoms with Gasteiger partial charge in [-0.3, -0.25) is 9.59 Å². The van der Waals surface area contributed by atoms with Crippen LogP contribution in [0, 0.1) is 13.8 Å². The summed E-state index contributed by atoms with van der Waals surface area (Å²) < 4.78 is 0. The van der Waals surface area contributed by atoms with E-state index >= 15 is 0 Å². The Morgan fingerprint density at radius 3 is 2.48 bits per heavy atom. The zero-order chi connectivity index (χ0) is 18.4. The van der Waals surface area contributed by atoms with Crippen molar-refractivity contribution >= 4 is 34.4 Å². The third kappa shape index (κ3) is 5.53. The molecule has 0 bridgehead atoms. The van der Waals surface area contributed by atoms with Gasteiger partial charge in [0.1, 0.15) is 6.54 Å². The number of thiazole rings is 1. The van der Waals surface area contributed by atoms with Crippen molar-refractivity contribution < 1.29 is 9.59 Å². The number of rotatable bonds is 6. The molecule has 0 aliphatic heterocycles. The van der Waals surface area contributed by atoms with E-state index in [9.17, 15) is 9.59 Å². The maximum atomic E-state index is 12.5. The minimum absolute atomic E-state index is 0.00664. The van der Waals surface area contributed by atoms with E-state index in [0.29, 0.717) is 5.13 Å². The van der Waals surface area contributed by atoms with Crippen molar-refractivity contribution in [2.24, 2.45) is 0 Å². The molecule has 2 amide bonds. The Balaban J connectivity index is 2.00. The first-order valence-corrected chi connectivity index (χ1v) is 8.96. The number of hydrogen-bond donors (Lipinski definition) is 1. The van der Waals surface area contributed by atoms with Crippen LogP contribution in [-0.2, 0) is 9.59 Å². The molecule has 1 aromatic heterocycles. The molecule has 6 heteroatoms. The third-order valence-corrected chi connectivity index (χ3v) is 4.70. The van der Waals surface area contributed by atoms with Gasteiger partial charge in [-0.2, -0.15) is 0 Å². The summed E-state index contributed by atoms with van der Waals surface area (Å²) in [7, 11) is 0. The fourth-order valence-electron chi connectivity index (χ4n) is 2.18. The summed E-state index contributed by atoms with van der Waals surface area (Å²) in [5, 5.41) is 3.33. The fourth-order valence-corrected chi connectivity index (χ4v) is 3.01. The van der Waals surface area contributed by atoms with E-state index in [4.69, 9.17) is 0 Å². The topological polar surface area (TPSA) is 62.3 Å². The maximum Gasteiger partial charge on any atom is 0.247 e. The predicted octanol–water partition coefficient (Wildman–Crippen LogP) is 3.65. The monoisotopic (exact) mass is 357 g/mol. The second-order valence-electron chi connectivity index (χ2n) is 6.01. The molecule has 0 fully saturated rings. The summed E-state index contributed by atoms with van der Waals surface area (Å²) in [6.07, 6.45) is 3.25. The van der Waals surface area contributed by atoms with E-state index in [2.05, 4.69) is 10.3 Å². The van der Waals surface area contributed by atoms with E-state index in [1.165, 1.54) is 22.3 Å². The van der Waals surface area contributed by atoms with Crippen molar-refractivity contribution in [1.82, 2.24) is 9.88 Å². The first-order valence-electron chi connectivity index (χ1n) is 8.14. The number of carbonyl (C=O) groups excluding carboxylic acids is 2. The van der Waals surface area contributed by atoms with Crippen LogP contribution in [0.25, 0.3) is 6.08 Å². The van der Waals surface area contributed by atoms with Crippen molar-refractivity contribution in [3.63, 3.8) is 0 Å². The molecule has 2 aromatic rings. The van der Waals surface area contributed by atoms with Gasteiger partial charge in [-0.1, -0.05) is 30.3 Å². The summed E-state index contributed by atoms with van der Waals surface area (Å²) in [5.74, 6) is -0.440. The Kier molecular flexibility index (Phi) is 6.47. The number of anilines is 1. The minimum atomic E-state index is -0.246. The average Bonchev–Trinajstić information content (AvgIpc) is 2.88. The lowest BCUT2D eigenvalue weighted by Crippen LogP contribution is -2.41. The van der Waals surface area contributed by atoms with E-state index in [1.54, 1.807) is 6.08 Å². The van der Waals surface area contributed by atoms with E-state index in [-0.39, 0.29) is 24.4 Å². The van der Waals surface area contributed by atoms with Gasteiger partial charge in [0.15, 0.2) is 5.13 Å². The number of aromatic nitrogens is 1. The molecule has 0 aliphatic rings. The van der Waals surface area contributed by atoms with Crippen molar-refractivity contribution in [2.45, 2.75) is 33.7 Å². The van der Waals surface area contributed by atoms with E-state index in [1.807, 2.05) is 58.0 Å². The van der Waals surface area contributed by atoms with Crippen LogP contribution in [0.4, 0.5) is 5.13 Å². The summed E-state index contributed by atoms with van der Waals surface area (Å²) in [5.41, 5.74) is 1.85. The highest BCUT2D eigenvalue weighted by Crippen LogP contribution is 2.21. The maximum absolute atomic E-state index is 12.5. The zero-order valence-corrected chi connectivity index (χ0v) is 15.8. The van der Waals surface area contributed by atoms with Crippen LogP contribution >= 0.6 is 11.3 Å². The summed E-state index contributed by atoms with van der Waals surface area (Å²) in [4.78, 5) is 31.6. The normalized spacial score (nSPS) is 11.1. The number of nitrogens with one attached hydrogen (secondary N) is 1. The van der Waals surface area contributed by atoms with Gasteiger partial charge < -0.3 is 10.2 Å². The van der Waals surface area contributed by atoms with Crippen LogP contribution in [0.3, 0.4) is 0 Å². The van der Waals surface area contributed by atoms with Gasteiger partial charge in [-0.05, 0) is 39.3 Å². The van der Waals surface area contributed by atoms with Crippen molar-refractivity contribution in [3.05, 3.63) is 52.5 Å². The van der Waals surface area contributed by atoms with Gasteiger partial charge in [-0.25, -0.2) is 4.98 Å². The van der Waals surface area contributed by atoms with Crippen LogP contribution in [0.1, 0.15) is 30.0 Å². The summed E-state index contributed by atoms with van der Waals surface area (Å²) in [6.45, 7) is 7.63. The molecule has 0 saturated heterocycles. The molecule has 2 rings (SSSR count). The lowest BCUT2D eigenvalue weighted by Gasteiger charge is -2.24. The molecular formula is C19H23N3O2S. The highest BCUT2D eigenvalue weighted by atomic mass is 32.1. The second-order valence-corrected chi connectivity index (χ2v) is 7.22. The first-order chi connectivity index (χ1) is 11.9. The highest BCUT2D eigenvalue weighted by Gasteiger charge is 2.19. The van der Waals surface area contributed by atoms with E-state index in [0.717, 1.165) is 16.1 Å². The number of aryl methyl sites for hydroxylation is 2. The fraction of sp³-hybridized carbons (Fsp3) is 0.316. The molecule has 132 valence electrons. The molecule has 1 heterocycles. The number of nitrogens with zero attached hydrogens (tertiary/aromatic N) is 2. The molecule has 0 aliphatic carbocycles. The molecule has 0 spiro atoms. The molecule has 1 N–H and O–H groups in total. The number of carbonyl (C=O) groups is 2. The third-order valence-electron chi connectivity index (χ3n) is 3.71. The van der Waals surface area contributed by atoms with Gasteiger partial charge in [-0.15, -0.1) is 11.3 Å². The van der Waals surface area contributed by atoms with Gasteiger partial charge in [0.2, 0.25) is 11.8 Å². The first kappa shape index (κ1) is 18.9. The predicted molar refractivity (Wildman–Crippen MR) is 103 cm³/mol. The quantitative estimate of drug-likeness (QED) is 0.803. The van der Waals surface area contributed by atoms with Crippen LogP contribution in [-0.4, -0.2) is 34.3 Å². The molecule has 1 aromatic carbocycles. The van der Waals surface area contributed by atoms with Gasteiger partial charge in [0, 0.05) is 17.0 Å². The van der Waals surface area contributed by atoms with Crippen molar-refractivity contribution in [2.75, 3.05) is 11.9 Å². The molecule has 0 radical (unpaired) electrons. The molecular weight excluding hydrogens is 334 g/mol. The summed E-state index contributed by atoms with van der Waals surface area (Å²) >= 11 is 1.43. The van der Waals surface area contributed by atoms with E-state index < -0.39 is 0 Å². The lowest BCUT2D eigenvalue weighted by molar-refractivity contribution is -0.132. The second kappa shape index (κ2) is 8.58. The van der Waals surface area contributed by atoms with Crippen LogP contribution in [0.15, 0.2) is 36.4 Å². The Hall–Kier alpha value is -2.47. The van der Waals surface area contributed by atoms with Crippen molar-refractivity contribution in [1.29, 1.82) is 0 Å². The molecule has 25 heavy (non-hydrogen) atoms. The Bertz CT molecular complexity index is 747. The standard InChI is InChI=1S/C19H23N3O2S/c1-13(2)22(18(24)11-10-16-8-6-5-7-9-16)12-17(23)21-19-20-14(3)15(4)25-19/h5-11,13H,12H2,1-4H3,(H,20,21,23)/b11-10+. The number of hydrogen-bond acceptors (Lipinski definition) is 4. The summed E-state index contributed by atoms with van der Waals surface area (Å²) in [6, 6.07) is 9.50. The molecule has 0 unspecified atom stereocenters. The lowest BCUT2D eigenvalue weighted by atomic mass is 10.2. The molecule has 0 saturated carbocycles. The van der Waals surface area contributed by atoms with Gasteiger partial charge in [0.05, 0.1) is 5.69 Å². The minimum Gasteiger partial charge on any atom is -0.327 e. The zero-order valence-electron chi connectivity index (χ0n) is 14.9. The van der Waals surface area contributed by atoms with Gasteiger partial charge >= 0.3 is 0 Å². The Morgan fingerprint density at radius 2 is 1.92 bits per heavy atom. The largest absolute Gasteiger partial charge is 0.327 e. The average molecular weight is 357 g/mol. The van der Waals surface area contributed by atoms with Crippen LogP contribution in [0.5, 0.6) is 0 Å². The van der Waals surface area contributed by atoms with Crippen molar-refractivity contribution in [3.8, 4) is 0 Å². The highest BCUT2D eigenvalue weighted by molar-refractivity contribution is 7.15. The van der Waals surface area contributed by atoms with Crippen LogP contribution < -0.4 is 5.32 Å². The Morgan fingerprint density at radius 1 is 1.24 bits per heavy atom. The molecule has 0 atom stereocenters. The Labute approximate surface area is 152 Å².